The van der Waals surface area contributed by atoms with E-state index >= 15 is 0 Å². The molecular weight excluding hydrogens is 784 g/mol. The first-order chi connectivity index (χ1) is 22.3. The molecule has 0 saturated carbocycles. The van der Waals surface area contributed by atoms with E-state index in [1.807, 2.05) is 35.7 Å². The monoisotopic (exact) mass is 823 g/mol. The predicted octanol–water partition coefficient (Wildman–Crippen LogP) is 12.3. The zero-order valence-electron chi connectivity index (χ0n) is 28.9. The summed E-state index contributed by atoms with van der Waals surface area (Å²) in [6.07, 6.45) is 1.83. The molecule has 48 heavy (non-hydrogen) atoms. The summed E-state index contributed by atoms with van der Waals surface area (Å²) in [6.45, 7) is 18.0. The summed E-state index contributed by atoms with van der Waals surface area (Å²) in [6, 6.07) is 40.2. The van der Waals surface area contributed by atoms with Gasteiger partial charge in [-0.1, -0.05) is 125 Å². The molecule has 0 spiro atoms. The Morgan fingerprint density at radius 1 is 0.667 bits per heavy atom. The minimum absolute atomic E-state index is 0. The van der Waals surface area contributed by atoms with Crippen LogP contribution in [0.2, 0.25) is 0 Å². The molecule has 2 nitrogen and oxygen atoms in total. The van der Waals surface area contributed by atoms with Gasteiger partial charge in [-0.05, 0) is 57.7 Å². The average molecular weight is 824 g/mol. The fourth-order valence-electron chi connectivity index (χ4n) is 6.40. The third kappa shape index (κ3) is 6.56. The van der Waals surface area contributed by atoms with Gasteiger partial charge in [0.2, 0.25) is 0 Å². The number of benzene rings is 4. The van der Waals surface area contributed by atoms with Gasteiger partial charge in [-0.2, -0.15) is 0 Å². The van der Waals surface area contributed by atoms with Crippen molar-refractivity contribution in [2.75, 3.05) is 0 Å². The van der Waals surface area contributed by atoms with Gasteiger partial charge in [0, 0.05) is 27.2 Å². The van der Waals surface area contributed by atoms with E-state index in [1.165, 1.54) is 42.6 Å². The van der Waals surface area contributed by atoms with Crippen LogP contribution in [0.3, 0.4) is 0 Å². The molecule has 4 aromatic carbocycles. The van der Waals surface area contributed by atoms with Crippen LogP contribution < -0.4 is 0 Å². The van der Waals surface area contributed by atoms with Crippen LogP contribution in [-0.2, 0) is 31.9 Å². The van der Waals surface area contributed by atoms with Gasteiger partial charge in [0.05, 0.1) is 0 Å². The van der Waals surface area contributed by atoms with Crippen LogP contribution in [0.4, 0.5) is 0 Å². The largest absolute Gasteiger partial charge is 2.00 e. The third-order valence-corrected chi connectivity index (χ3v) is 10.1. The molecule has 0 radical (unpaired) electrons. The molecule has 7 rings (SSSR count). The molecule has 0 amide bonds. The van der Waals surface area contributed by atoms with E-state index < -0.39 is 0 Å². The minimum atomic E-state index is -0.0470. The Labute approximate surface area is 303 Å². The van der Waals surface area contributed by atoms with Crippen molar-refractivity contribution >= 4 is 32.2 Å². The molecule has 0 bridgehead atoms. The number of thiophene rings is 1. The Morgan fingerprint density at radius 3 is 2.08 bits per heavy atom. The quantitative estimate of drug-likeness (QED) is 0.165. The van der Waals surface area contributed by atoms with Crippen LogP contribution in [0.25, 0.3) is 65.1 Å². The fourth-order valence-corrected chi connectivity index (χ4v) is 7.63. The fraction of sp³-hybridized carbons (Fsp3) is 0.227. The Kier molecular flexibility index (Phi) is 9.09. The summed E-state index contributed by atoms with van der Waals surface area (Å²) < 4.78 is 1.17. The van der Waals surface area contributed by atoms with E-state index in [2.05, 4.69) is 145 Å². The zero-order chi connectivity index (χ0) is 33.1. The Bertz CT molecular complexity index is 2280. The summed E-state index contributed by atoms with van der Waals surface area (Å²) in [4.78, 5) is 11.3. The Hall–Kier alpha value is -3.91. The van der Waals surface area contributed by atoms with Crippen molar-refractivity contribution < 1.29 is 21.1 Å². The molecule has 0 N–H and O–H groups in total. The number of rotatable bonds is 4. The van der Waals surface area contributed by atoms with Crippen molar-refractivity contribution in [2.24, 2.45) is 0 Å². The number of aromatic nitrogens is 2. The third-order valence-electron chi connectivity index (χ3n) is 8.93. The molecule has 0 saturated heterocycles. The number of nitrogens with zero attached hydrogens (tertiary/aromatic N) is 2. The second-order valence-electron chi connectivity index (χ2n) is 14.8. The van der Waals surface area contributed by atoms with Crippen LogP contribution in [0.15, 0.2) is 97.2 Å². The van der Waals surface area contributed by atoms with Crippen LogP contribution in [-0.4, -0.2) is 9.97 Å². The first-order valence-electron chi connectivity index (χ1n) is 16.3. The maximum Gasteiger partial charge on any atom is 2.00 e. The molecule has 4 heteroatoms. The summed E-state index contributed by atoms with van der Waals surface area (Å²) in [7, 11) is 0. The standard InChI is InChI=1S/C44H40N2S.Pt/c1-27-19-30(38-15-11-12-18-45-38)23-31(20-27)39-25-33-26-40(35-17-16-34(21-28(35)2)43(3,4)5)47-42(33)41(46-39)32-22-29-13-9-10-14-36(29)37(24-32)44(6,7)8;/h9-21,24-26H,1-8H3;/q-2;+2. The first kappa shape index (κ1) is 34.0. The van der Waals surface area contributed by atoms with Crippen molar-refractivity contribution in [1.82, 2.24) is 9.97 Å². The molecular formula is C44H40N2PtS. The second kappa shape index (κ2) is 12.8. The molecule has 0 fully saturated rings. The van der Waals surface area contributed by atoms with Crippen LogP contribution >= 0.6 is 11.3 Å². The predicted molar refractivity (Wildman–Crippen MR) is 201 cm³/mol. The van der Waals surface area contributed by atoms with E-state index in [9.17, 15) is 0 Å². The van der Waals surface area contributed by atoms with Crippen LogP contribution in [0.5, 0.6) is 0 Å². The molecule has 242 valence electrons. The molecule has 0 aliphatic rings. The van der Waals surface area contributed by atoms with Gasteiger partial charge in [0.25, 0.3) is 0 Å². The maximum absolute atomic E-state index is 5.45. The SMILES string of the molecule is Cc1cc(-c2ccccn2)[c-]c(-c2cc3cc(-c4ccc(C(C)(C)C)cc4C)sc3c(-c3[c-]c4ccccc4c(C(C)(C)C)c3)n2)c1.[Pt+2]. The van der Waals surface area contributed by atoms with E-state index in [-0.39, 0.29) is 31.9 Å². The smallest absolute Gasteiger partial charge is 0.324 e. The molecule has 0 aliphatic carbocycles. The molecule has 7 aromatic rings. The van der Waals surface area contributed by atoms with Crippen molar-refractivity contribution in [3.63, 3.8) is 0 Å². The zero-order valence-corrected chi connectivity index (χ0v) is 31.9. The number of hydrogen-bond acceptors (Lipinski definition) is 3. The van der Waals surface area contributed by atoms with Crippen LogP contribution in [0, 0.1) is 26.0 Å². The Balaban J connectivity index is 0.00000401. The van der Waals surface area contributed by atoms with E-state index in [4.69, 9.17) is 4.98 Å². The molecule has 3 aromatic heterocycles. The first-order valence-corrected chi connectivity index (χ1v) is 17.1. The summed E-state index contributed by atoms with van der Waals surface area (Å²) in [5, 5.41) is 3.53. The van der Waals surface area contributed by atoms with Crippen molar-refractivity contribution in [3.05, 3.63) is 132 Å². The van der Waals surface area contributed by atoms with Gasteiger partial charge >= 0.3 is 21.1 Å². The van der Waals surface area contributed by atoms with E-state index in [0.717, 1.165) is 44.7 Å². The number of fused-ring (bicyclic) bond motifs is 2. The summed E-state index contributed by atoms with van der Waals surface area (Å²) >= 11 is 1.82. The topological polar surface area (TPSA) is 25.8 Å². The molecule has 0 aliphatic heterocycles. The van der Waals surface area contributed by atoms with Crippen LogP contribution in [0.1, 0.15) is 63.8 Å². The number of pyridine rings is 2. The minimum Gasteiger partial charge on any atom is -0.324 e. The van der Waals surface area contributed by atoms with Crippen molar-refractivity contribution in [2.45, 2.75) is 66.2 Å². The maximum atomic E-state index is 5.45. The molecule has 0 unspecified atom stereocenters. The number of hydrogen-bond donors (Lipinski definition) is 0. The van der Waals surface area contributed by atoms with E-state index in [0.29, 0.717) is 0 Å². The van der Waals surface area contributed by atoms with Gasteiger partial charge < -0.3 is 4.98 Å². The normalized spacial score (nSPS) is 12.0. The number of aryl methyl sites for hydroxylation is 2. The average Bonchev–Trinajstić information content (AvgIpc) is 3.47. The van der Waals surface area contributed by atoms with Gasteiger partial charge in [-0.3, -0.25) is 4.98 Å². The van der Waals surface area contributed by atoms with E-state index in [1.54, 1.807) is 0 Å². The van der Waals surface area contributed by atoms with Crippen molar-refractivity contribution in [1.29, 1.82) is 0 Å². The van der Waals surface area contributed by atoms with Gasteiger partial charge in [-0.15, -0.1) is 64.2 Å². The Morgan fingerprint density at radius 2 is 1.40 bits per heavy atom. The van der Waals surface area contributed by atoms with Gasteiger partial charge in [-0.25, -0.2) is 0 Å². The molecule has 0 atom stereocenters. The summed E-state index contributed by atoms with van der Waals surface area (Å²) in [5.74, 6) is 0. The summed E-state index contributed by atoms with van der Waals surface area (Å²) in [5.41, 5.74) is 12.1. The van der Waals surface area contributed by atoms with Gasteiger partial charge in [0.1, 0.15) is 0 Å². The van der Waals surface area contributed by atoms with Crippen molar-refractivity contribution in [3.8, 4) is 44.2 Å². The van der Waals surface area contributed by atoms with Gasteiger partial charge in [0.15, 0.2) is 0 Å². The second-order valence-corrected chi connectivity index (χ2v) is 15.8. The molecule has 3 heterocycles.